The summed E-state index contributed by atoms with van der Waals surface area (Å²) in [5.41, 5.74) is 14.8. The van der Waals surface area contributed by atoms with Crippen molar-refractivity contribution in [3.8, 4) is 77.3 Å². The molecule has 0 radical (unpaired) electrons. The highest BCUT2D eigenvalue weighted by Crippen LogP contribution is 2.56. The van der Waals surface area contributed by atoms with Crippen molar-refractivity contribution in [2.45, 2.75) is 6.92 Å². The van der Waals surface area contributed by atoms with Crippen LogP contribution in [0.1, 0.15) is 16.7 Å². The van der Waals surface area contributed by atoms with Crippen LogP contribution in [0.5, 0.6) is 0 Å². The number of hydrogen-bond acceptors (Lipinski definition) is 4. The van der Waals surface area contributed by atoms with Crippen molar-refractivity contribution in [3.05, 3.63) is 193 Å². The molecule has 0 N–H and O–H groups in total. The van der Waals surface area contributed by atoms with Gasteiger partial charge in [0.2, 0.25) is 0 Å². The molecule has 0 unspecified atom stereocenters. The molecule has 1 aliphatic rings. The van der Waals surface area contributed by atoms with Gasteiger partial charge in [-0.05, 0) is 68.3 Å². The zero-order valence-electron chi connectivity index (χ0n) is 29.6. The number of rotatable bonds is 5. The molecule has 0 saturated carbocycles. The number of aromatic nitrogens is 3. The minimum atomic E-state index is 0.637. The van der Waals surface area contributed by atoms with Gasteiger partial charge < -0.3 is 0 Å². The summed E-state index contributed by atoms with van der Waals surface area (Å²) < 4.78 is 0. The van der Waals surface area contributed by atoms with Crippen molar-refractivity contribution < 1.29 is 0 Å². The van der Waals surface area contributed by atoms with Crippen LogP contribution in [0.25, 0.3) is 93.6 Å². The molecule has 0 amide bonds. The molecule has 0 atom stereocenters. The first kappa shape index (κ1) is 31.9. The third-order valence-corrected chi connectivity index (χ3v) is 11.7. The Morgan fingerprint density at radius 1 is 0.389 bits per heavy atom. The highest BCUT2D eigenvalue weighted by Gasteiger charge is 2.30. The molecule has 0 saturated heterocycles. The van der Waals surface area contributed by atoms with Crippen molar-refractivity contribution >= 4 is 27.7 Å². The second-order valence-corrected chi connectivity index (χ2v) is 14.7. The van der Waals surface area contributed by atoms with E-state index in [1.54, 1.807) is 0 Å². The van der Waals surface area contributed by atoms with Gasteiger partial charge in [0, 0.05) is 37.6 Å². The van der Waals surface area contributed by atoms with Crippen LogP contribution >= 0.6 is 11.3 Å². The minimum absolute atomic E-state index is 0.637. The first-order chi connectivity index (χ1) is 26.6. The van der Waals surface area contributed by atoms with Gasteiger partial charge in [0.15, 0.2) is 17.5 Å². The summed E-state index contributed by atoms with van der Waals surface area (Å²) in [7, 11) is 0. The third-order valence-electron chi connectivity index (χ3n) is 10.4. The Hall–Kier alpha value is -6.75. The van der Waals surface area contributed by atoms with Crippen molar-refractivity contribution in [2.24, 2.45) is 0 Å². The highest BCUT2D eigenvalue weighted by atomic mass is 32.1. The molecule has 54 heavy (non-hydrogen) atoms. The summed E-state index contributed by atoms with van der Waals surface area (Å²) in [6, 6.07) is 59.8. The average molecular weight is 708 g/mol. The fourth-order valence-electron chi connectivity index (χ4n) is 7.70. The van der Waals surface area contributed by atoms with Crippen LogP contribution in [0.3, 0.4) is 0 Å². The van der Waals surface area contributed by atoms with Gasteiger partial charge in [-0.1, -0.05) is 170 Å². The summed E-state index contributed by atoms with van der Waals surface area (Å²) in [5.74, 6) is 1.93. The predicted molar refractivity (Wildman–Crippen MR) is 226 cm³/mol. The lowest BCUT2D eigenvalue weighted by Crippen LogP contribution is -2.00. The Labute approximate surface area is 318 Å². The van der Waals surface area contributed by atoms with Crippen molar-refractivity contribution in [1.82, 2.24) is 15.0 Å². The molecule has 0 aliphatic heterocycles. The monoisotopic (exact) mass is 707 g/mol. The lowest BCUT2D eigenvalue weighted by Gasteiger charge is -2.12. The second kappa shape index (κ2) is 13.0. The maximum atomic E-state index is 5.08. The maximum Gasteiger partial charge on any atom is 0.164 e. The van der Waals surface area contributed by atoms with Crippen molar-refractivity contribution in [1.29, 1.82) is 0 Å². The van der Waals surface area contributed by atoms with E-state index in [-0.39, 0.29) is 0 Å². The number of nitrogens with zero attached hydrogens (tertiary/aromatic N) is 3. The molecule has 9 aromatic rings. The molecule has 7 aromatic carbocycles. The van der Waals surface area contributed by atoms with E-state index in [4.69, 9.17) is 21.5 Å². The number of aryl methyl sites for hydroxylation is 1. The van der Waals surface area contributed by atoms with Crippen LogP contribution in [0.2, 0.25) is 0 Å². The molecule has 254 valence electrons. The van der Waals surface area contributed by atoms with Crippen LogP contribution in [-0.4, -0.2) is 15.0 Å². The number of benzene rings is 7. The fourth-order valence-corrected chi connectivity index (χ4v) is 9.14. The molecule has 2 aromatic heterocycles. The van der Waals surface area contributed by atoms with Crippen LogP contribution < -0.4 is 0 Å². The van der Waals surface area contributed by atoms with Crippen molar-refractivity contribution in [3.63, 3.8) is 0 Å². The van der Waals surface area contributed by atoms with Gasteiger partial charge in [-0.15, -0.1) is 11.3 Å². The Kier molecular flexibility index (Phi) is 7.71. The molecule has 3 nitrogen and oxygen atoms in total. The summed E-state index contributed by atoms with van der Waals surface area (Å²) >= 11 is 1.85. The second-order valence-electron chi connectivity index (χ2n) is 13.7. The van der Waals surface area contributed by atoms with Gasteiger partial charge >= 0.3 is 0 Å². The van der Waals surface area contributed by atoms with Crippen LogP contribution in [-0.2, 0) is 0 Å². The number of hydrogen-bond donors (Lipinski definition) is 0. The van der Waals surface area contributed by atoms with Crippen LogP contribution in [0.15, 0.2) is 176 Å². The lowest BCUT2D eigenvalue weighted by atomic mass is 9.90. The molecule has 0 bridgehead atoms. The normalized spacial score (nSPS) is 11.8. The topological polar surface area (TPSA) is 38.7 Å². The maximum absolute atomic E-state index is 5.08. The standard InChI is InChI=1S/C50H33N3S/c1-31-14-6-9-19-39(31)47-44-32(2)40-20-10-11-21-41(40)42-22-12-13-23-43(42)45(44)46(54-47)34-25-27-36(28-26-34)49-51-48(35-16-4-3-5-17-35)52-50(53-49)38-29-24-33-15-7-8-18-37(33)30-38/h3-30H,2H2,1H3. The van der Waals surface area contributed by atoms with E-state index < -0.39 is 0 Å². The molecule has 2 heterocycles. The summed E-state index contributed by atoms with van der Waals surface area (Å²) in [6.07, 6.45) is 0. The van der Waals surface area contributed by atoms with Gasteiger partial charge in [0.1, 0.15) is 0 Å². The first-order valence-corrected chi connectivity index (χ1v) is 18.9. The predicted octanol–water partition coefficient (Wildman–Crippen LogP) is 13.4. The number of thiophene rings is 1. The molecular weight excluding hydrogens is 675 g/mol. The third kappa shape index (κ3) is 5.39. The molecule has 10 rings (SSSR count). The fraction of sp³-hybridized carbons (Fsp3) is 0.0200. The highest BCUT2D eigenvalue weighted by molar-refractivity contribution is 7.20. The minimum Gasteiger partial charge on any atom is -0.208 e. The summed E-state index contributed by atoms with van der Waals surface area (Å²) in [6.45, 7) is 6.98. The van der Waals surface area contributed by atoms with Gasteiger partial charge in [-0.25, -0.2) is 15.0 Å². The van der Waals surface area contributed by atoms with Gasteiger partial charge in [-0.3, -0.25) is 0 Å². The Morgan fingerprint density at radius 3 is 1.59 bits per heavy atom. The van der Waals surface area contributed by atoms with E-state index in [0.29, 0.717) is 17.5 Å². The number of fused-ring (bicyclic) bond motifs is 6. The molecule has 0 fully saturated rings. The van der Waals surface area contributed by atoms with E-state index >= 15 is 0 Å². The Morgan fingerprint density at radius 2 is 0.889 bits per heavy atom. The zero-order chi connectivity index (χ0) is 36.2. The van der Waals surface area contributed by atoms with Gasteiger partial charge in [0.25, 0.3) is 0 Å². The Balaban J connectivity index is 1.15. The van der Waals surface area contributed by atoms with E-state index in [0.717, 1.165) is 33.2 Å². The molecular formula is C50H33N3S. The lowest BCUT2D eigenvalue weighted by molar-refractivity contribution is 1.07. The van der Waals surface area contributed by atoms with E-state index in [9.17, 15) is 0 Å². The van der Waals surface area contributed by atoms with E-state index in [1.807, 2.05) is 41.7 Å². The zero-order valence-corrected chi connectivity index (χ0v) is 30.4. The average Bonchev–Trinajstić information content (AvgIpc) is 3.59. The molecule has 1 aliphatic carbocycles. The molecule has 0 spiro atoms. The smallest absolute Gasteiger partial charge is 0.164 e. The summed E-state index contributed by atoms with van der Waals surface area (Å²) in [4.78, 5) is 17.5. The van der Waals surface area contributed by atoms with Crippen LogP contribution in [0, 0.1) is 6.92 Å². The van der Waals surface area contributed by atoms with Crippen molar-refractivity contribution in [2.75, 3.05) is 0 Å². The largest absolute Gasteiger partial charge is 0.208 e. The molecule has 4 heteroatoms. The van der Waals surface area contributed by atoms with Crippen LogP contribution in [0.4, 0.5) is 0 Å². The van der Waals surface area contributed by atoms with E-state index in [1.165, 1.54) is 59.6 Å². The quantitative estimate of drug-likeness (QED) is 0.179. The Bertz CT molecular complexity index is 2900. The first-order valence-electron chi connectivity index (χ1n) is 18.1. The SMILES string of the molecule is C=C1c2ccccc2-c2ccccc2-c2c(-c3ccc(-c4nc(-c5ccccc5)nc(-c5ccc6ccccc6c5)n4)cc3)sc(-c3ccccc3C)c21. The summed E-state index contributed by atoms with van der Waals surface area (Å²) in [5, 5.41) is 2.33. The van der Waals surface area contributed by atoms with Gasteiger partial charge in [-0.2, -0.15) is 0 Å². The van der Waals surface area contributed by atoms with E-state index in [2.05, 4.69) is 146 Å². The van der Waals surface area contributed by atoms with Gasteiger partial charge in [0.05, 0.1) is 0 Å².